The number of Topliss-reactive ketones (excluding diaryl/α,β-unsaturated/α-hetero) is 1. The van der Waals surface area contributed by atoms with Gasteiger partial charge >= 0.3 is 5.69 Å². The maximum Gasteiger partial charge on any atom is 0.333 e. The zero-order valence-corrected chi connectivity index (χ0v) is 20.4. The molecule has 3 heterocycles. The standard InChI is InChI=1S/C26H31N5O3/c1-17(2)11-12-29-16-27-24-23(29)25(33)31(15-22(32)21-13-18(3)28(5)19(21)4)26(34)30(24)14-20-9-7-6-8-10-20/h6-10,13,16-17H,11-12,14-15H2,1-5H3. The summed E-state index contributed by atoms with van der Waals surface area (Å²) in [5.74, 6) is 0.181. The molecule has 0 aliphatic carbocycles. The molecule has 1 aromatic carbocycles. The van der Waals surface area contributed by atoms with Crippen molar-refractivity contribution in [2.75, 3.05) is 0 Å². The number of nitrogens with zero attached hydrogens (tertiary/aromatic N) is 5. The van der Waals surface area contributed by atoms with E-state index in [1.807, 2.05) is 55.8 Å². The van der Waals surface area contributed by atoms with Crippen LogP contribution in [0.1, 0.15) is 47.6 Å². The highest BCUT2D eigenvalue weighted by molar-refractivity contribution is 5.97. The summed E-state index contributed by atoms with van der Waals surface area (Å²) < 4.78 is 6.28. The van der Waals surface area contributed by atoms with E-state index in [1.54, 1.807) is 17.0 Å². The van der Waals surface area contributed by atoms with Crippen LogP contribution in [0, 0.1) is 19.8 Å². The molecule has 34 heavy (non-hydrogen) atoms. The quantitative estimate of drug-likeness (QED) is 0.377. The lowest BCUT2D eigenvalue weighted by molar-refractivity contribution is 0.0968. The fourth-order valence-electron chi connectivity index (χ4n) is 4.22. The molecule has 4 aromatic rings. The number of fused-ring (bicyclic) bond motifs is 1. The van der Waals surface area contributed by atoms with E-state index < -0.39 is 11.2 Å². The molecule has 4 rings (SSSR count). The van der Waals surface area contributed by atoms with Gasteiger partial charge in [-0.05, 0) is 37.8 Å². The molecule has 3 aromatic heterocycles. The summed E-state index contributed by atoms with van der Waals surface area (Å²) in [6.45, 7) is 8.56. The van der Waals surface area contributed by atoms with Crippen LogP contribution < -0.4 is 11.2 Å². The molecule has 0 amide bonds. The number of hydrogen-bond donors (Lipinski definition) is 0. The molecule has 8 nitrogen and oxygen atoms in total. The Kier molecular flexibility index (Phi) is 6.41. The summed E-state index contributed by atoms with van der Waals surface area (Å²) >= 11 is 0. The zero-order chi connectivity index (χ0) is 24.6. The Labute approximate surface area is 198 Å². The fourth-order valence-corrected chi connectivity index (χ4v) is 4.22. The predicted molar refractivity (Wildman–Crippen MR) is 132 cm³/mol. The molecule has 8 heteroatoms. The molecule has 0 N–H and O–H groups in total. The van der Waals surface area contributed by atoms with Crippen molar-refractivity contribution in [3.8, 4) is 0 Å². The van der Waals surface area contributed by atoms with Gasteiger partial charge in [0, 0.05) is 30.5 Å². The van der Waals surface area contributed by atoms with Crippen LogP contribution in [0.15, 0.2) is 52.3 Å². The van der Waals surface area contributed by atoms with Crippen LogP contribution in [0.4, 0.5) is 0 Å². The maximum atomic E-state index is 13.5. The van der Waals surface area contributed by atoms with Gasteiger partial charge in [-0.1, -0.05) is 44.2 Å². The number of imidazole rings is 1. The Morgan fingerprint density at radius 3 is 2.38 bits per heavy atom. The van der Waals surface area contributed by atoms with Crippen molar-refractivity contribution in [2.24, 2.45) is 13.0 Å². The molecule has 0 aliphatic rings. The predicted octanol–water partition coefficient (Wildman–Crippen LogP) is 3.29. The Morgan fingerprint density at radius 1 is 1.06 bits per heavy atom. The molecule has 0 radical (unpaired) electrons. The normalized spacial score (nSPS) is 11.6. The van der Waals surface area contributed by atoms with Gasteiger partial charge in [-0.15, -0.1) is 0 Å². The van der Waals surface area contributed by atoms with Crippen LogP contribution in [-0.4, -0.2) is 29.0 Å². The number of benzene rings is 1. The number of carbonyl (C=O) groups excluding carboxylic acids is 1. The van der Waals surface area contributed by atoms with E-state index in [9.17, 15) is 14.4 Å². The van der Waals surface area contributed by atoms with Crippen molar-refractivity contribution in [3.05, 3.63) is 86.1 Å². The molecule has 0 saturated heterocycles. The molecule has 0 fully saturated rings. The Balaban J connectivity index is 1.87. The molecular weight excluding hydrogens is 430 g/mol. The number of ketones is 1. The third-order valence-corrected chi connectivity index (χ3v) is 6.49. The zero-order valence-electron chi connectivity index (χ0n) is 20.4. The Bertz CT molecular complexity index is 1470. The van der Waals surface area contributed by atoms with Gasteiger partial charge in [0.05, 0.1) is 19.4 Å². The average molecular weight is 462 g/mol. The van der Waals surface area contributed by atoms with Gasteiger partial charge in [-0.25, -0.2) is 9.78 Å². The summed E-state index contributed by atoms with van der Waals surface area (Å²) in [7, 11) is 1.89. The first kappa shape index (κ1) is 23.5. The van der Waals surface area contributed by atoms with Gasteiger partial charge in [0.25, 0.3) is 5.56 Å². The molecule has 0 aliphatic heterocycles. The van der Waals surface area contributed by atoms with Crippen LogP contribution >= 0.6 is 0 Å². The van der Waals surface area contributed by atoms with E-state index >= 15 is 0 Å². The minimum absolute atomic E-state index is 0.259. The highest BCUT2D eigenvalue weighted by atomic mass is 16.2. The topological polar surface area (TPSA) is 83.8 Å². The lowest BCUT2D eigenvalue weighted by atomic mass is 10.1. The van der Waals surface area contributed by atoms with Gasteiger partial charge in [0.15, 0.2) is 16.9 Å². The van der Waals surface area contributed by atoms with Gasteiger partial charge < -0.3 is 9.13 Å². The van der Waals surface area contributed by atoms with Crippen molar-refractivity contribution in [1.82, 2.24) is 23.3 Å². The molecule has 0 atom stereocenters. The van der Waals surface area contributed by atoms with Crippen LogP contribution in [0.25, 0.3) is 11.2 Å². The smallest absolute Gasteiger partial charge is 0.333 e. The SMILES string of the molecule is Cc1cc(C(=O)Cn2c(=O)c3c(ncn3CCC(C)C)n(Cc3ccccc3)c2=O)c(C)n1C. The second-order valence-corrected chi connectivity index (χ2v) is 9.31. The van der Waals surface area contributed by atoms with Crippen molar-refractivity contribution < 1.29 is 4.79 Å². The second kappa shape index (κ2) is 9.29. The monoisotopic (exact) mass is 461 g/mol. The first-order chi connectivity index (χ1) is 16.2. The lowest BCUT2D eigenvalue weighted by Gasteiger charge is -2.13. The average Bonchev–Trinajstić information content (AvgIpc) is 3.35. The Morgan fingerprint density at radius 2 is 1.76 bits per heavy atom. The maximum absolute atomic E-state index is 13.5. The Hall–Kier alpha value is -3.68. The van der Waals surface area contributed by atoms with E-state index in [0.717, 1.165) is 27.9 Å². The fraction of sp³-hybridized carbons (Fsp3) is 0.385. The number of aryl methyl sites for hydroxylation is 2. The summed E-state index contributed by atoms with van der Waals surface area (Å²) in [4.78, 5) is 44.7. The minimum Gasteiger partial charge on any atom is -0.351 e. The van der Waals surface area contributed by atoms with E-state index in [1.165, 1.54) is 4.57 Å². The molecule has 0 spiro atoms. The third-order valence-electron chi connectivity index (χ3n) is 6.49. The first-order valence-electron chi connectivity index (χ1n) is 11.6. The molecule has 0 unspecified atom stereocenters. The van der Waals surface area contributed by atoms with E-state index in [2.05, 4.69) is 18.8 Å². The van der Waals surface area contributed by atoms with E-state index in [0.29, 0.717) is 29.2 Å². The van der Waals surface area contributed by atoms with Crippen LogP contribution in [-0.2, 0) is 26.7 Å². The number of rotatable bonds is 8. The summed E-state index contributed by atoms with van der Waals surface area (Å²) in [6, 6.07) is 11.4. The molecule has 0 bridgehead atoms. The van der Waals surface area contributed by atoms with Gasteiger partial charge in [0.2, 0.25) is 0 Å². The number of carbonyl (C=O) groups is 1. The van der Waals surface area contributed by atoms with Crippen LogP contribution in [0.3, 0.4) is 0 Å². The van der Waals surface area contributed by atoms with Crippen molar-refractivity contribution >= 4 is 16.9 Å². The second-order valence-electron chi connectivity index (χ2n) is 9.31. The number of hydrogen-bond acceptors (Lipinski definition) is 4. The lowest BCUT2D eigenvalue weighted by Crippen LogP contribution is -2.42. The summed E-state index contributed by atoms with van der Waals surface area (Å²) in [5, 5.41) is 0. The van der Waals surface area contributed by atoms with E-state index in [-0.39, 0.29) is 18.9 Å². The summed E-state index contributed by atoms with van der Waals surface area (Å²) in [6.07, 6.45) is 2.48. The van der Waals surface area contributed by atoms with Crippen molar-refractivity contribution in [1.29, 1.82) is 0 Å². The largest absolute Gasteiger partial charge is 0.351 e. The molecule has 0 saturated carbocycles. The highest BCUT2D eigenvalue weighted by Gasteiger charge is 2.22. The van der Waals surface area contributed by atoms with E-state index in [4.69, 9.17) is 0 Å². The molecular formula is C26H31N5O3. The number of aromatic nitrogens is 5. The van der Waals surface area contributed by atoms with Gasteiger partial charge in [0.1, 0.15) is 0 Å². The third kappa shape index (κ3) is 4.27. The minimum atomic E-state index is -0.533. The van der Waals surface area contributed by atoms with Gasteiger partial charge in [-0.3, -0.25) is 18.7 Å². The molecule has 178 valence electrons. The van der Waals surface area contributed by atoms with Crippen LogP contribution in [0.5, 0.6) is 0 Å². The van der Waals surface area contributed by atoms with Gasteiger partial charge in [-0.2, -0.15) is 0 Å². The van der Waals surface area contributed by atoms with Crippen molar-refractivity contribution in [3.63, 3.8) is 0 Å². The first-order valence-corrected chi connectivity index (χ1v) is 11.6. The highest BCUT2D eigenvalue weighted by Crippen LogP contribution is 2.15. The summed E-state index contributed by atoms with van der Waals surface area (Å²) in [5.41, 5.74) is 2.87. The van der Waals surface area contributed by atoms with Crippen LogP contribution in [0.2, 0.25) is 0 Å². The van der Waals surface area contributed by atoms with Crippen molar-refractivity contribution in [2.45, 2.75) is 53.8 Å².